The molecule has 12 heavy (non-hydrogen) atoms. The molecule has 0 unspecified atom stereocenters. The lowest BCUT2D eigenvalue weighted by atomic mass is 10.0. The van der Waals surface area contributed by atoms with Crippen molar-refractivity contribution in [2.24, 2.45) is 5.73 Å². The van der Waals surface area contributed by atoms with E-state index in [9.17, 15) is 0 Å². The first-order chi connectivity index (χ1) is 5.38. The molecule has 2 nitrogen and oxygen atoms in total. The Balaban J connectivity index is 0.000000720. The van der Waals surface area contributed by atoms with Crippen LogP contribution in [0.1, 0.15) is 18.0 Å². The van der Waals surface area contributed by atoms with E-state index >= 15 is 0 Å². The Morgan fingerprint density at radius 2 is 2.08 bits per heavy atom. The molecule has 0 bridgehead atoms. The summed E-state index contributed by atoms with van der Waals surface area (Å²) in [5.41, 5.74) is 7.00. The molecule has 0 fully saturated rings. The number of hydrogen-bond acceptors (Lipinski definition) is 2. The lowest BCUT2D eigenvalue weighted by Gasteiger charge is -2.22. The predicted molar refractivity (Wildman–Crippen MR) is 50.7 cm³/mol. The van der Waals surface area contributed by atoms with Gasteiger partial charge in [-0.15, -0.1) is 12.4 Å². The van der Waals surface area contributed by atoms with Crippen LogP contribution in [0.2, 0.25) is 0 Å². The van der Waals surface area contributed by atoms with Crippen LogP contribution in [-0.2, 0) is 0 Å². The van der Waals surface area contributed by atoms with E-state index in [1.807, 2.05) is 24.3 Å². The minimum absolute atomic E-state index is 0. The minimum Gasteiger partial charge on any atom is -0.493 e. The van der Waals surface area contributed by atoms with Crippen LogP contribution in [0.3, 0.4) is 0 Å². The van der Waals surface area contributed by atoms with Crippen molar-refractivity contribution < 1.29 is 4.74 Å². The third kappa shape index (κ3) is 1.54. The largest absolute Gasteiger partial charge is 0.493 e. The second-order valence-corrected chi connectivity index (χ2v) is 2.78. The van der Waals surface area contributed by atoms with Crippen molar-refractivity contribution in [1.29, 1.82) is 0 Å². The fraction of sp³-hybridized carbons (Fsp3) is 0.333. The van der Waals surface area contributed by atoms with Crippen molar-refractivity contribution in [2.75, 3.05) is 6.61 Å². The normalized spacial score (nSPS) is 20.2. The van der Waals surface area contributed by atoms with Gasteiger partial charge in [-0.3, -0.25) is 0 Å². The summed E-state index contributed by atoms with van der Waals surface area (Å²) in [6, 6.07) is 8.12. The van der Waals surface area contributed by atoms with Gasteiger partial charge < -0.3 is 10.5 Å². The Bertz CT molecular complexity index is 264. The van der Waals surface area contributed by atoms with Gasteiger partial charge in [-0.25, -0.2) is 0 Å². The highest BCUT2D eigenvalue weighted by Gasteiger charge is 2.16. The van der Waals surface area contributed by atoms with Crippen LogP contribution in [0, 0.1) is 0 Å². The van der Waals surface area contributed by atoms with Crippen molar-refractivity contribution >= 4 is 12.4 Å². The van der Waals surface area contributed by atoms with Gasteiger partial charge in [-0.1, -0.05) is 18.2 Å². The zero-order valence-corrected chi connectivity index (χ0v) is 7.51. The van der Waals surface area contributed by atoms with Crippen LogP contribution >= 0.6 is 12.4 Å². The van der Waals surface area contributed by atoms with Gasteiger partial charge in [-0.2, -0.15) is 0 Å². The minimum atomic E-state index is 0. The molecule has 1 aliphatic heterocycles. The highest BCUT2D eigenvalue weighted by molar-refractivity contribution is 5.85. The molecular formula is C9H12ClNO. The van der Waals surface area contributed by atoms with E-state index in [0.29, 0.717) is 0 Å². The van der Waals surface area contributed by atoms with E-state index in [1.165, 1.54) is 0 Å². The zero-order valence-electron chi connectivity index (χ0n) is 6.69. The maximum Gasteiger partial charge on any atom is 0.124 e. The molecule has 66 valence electrons. The lowest BCUT2D eigenvalue weighted by Crippen LogP contribution is -2.20. The lowest BCUT2D eigenvalue weighted by molar-refractivity contribution is 0.269. The molecule has 2 rings (SSSR count). The van der Waals surface area contributed by atoms with Gasteiger partial charge in [0.05, 0.1) is 6.61 Å². The summed E-state index contributed by atoms with van der Waals surface area (Å²) >= 11 is 0. The molecule has 1 aliphatic rings. The molecule has 2 N–H and O–H groups in total. The third-order valence-corrected chi connectivity index (χ3v) is 2.00. The van der Waals surface area contributed by atoms with Crippen molar-refractivity contribution in [3.05, 3.63) is 29.8 Å². The number of halogens is 1. The monoisotopic (exact) mass is 185 g/mol. The maximum absolute atomic E-state index is 5.87. The van der Waals surface area contributed by atoms with Gasteiger partial charge >= 0.3 is 0 Å². The Labute approximate surface area is 78.1 Å². The molecule has 0 aromatic heterocycles. The zero-order chi connectivity index (χ0) is 7.68. The quantitative estimate of drug-likeness (QED) is 0.670. The average Bonchev–Trinajstić information content (AvgIpc) is 2.06. The van der Waals surface area contributed by atoms with Crippen molar-refractivity contribution in [3.8, 4) is 5.75 Å². The Morgan fingerprint density at radius 1 is 1.33 bits per heavy atom. The molecule has 1 atom stereocenters. The number of rotatable bonds is 0. The Morgan fingerprint density at radius 3 is 2.83 bits per heavy atom. The molecular weight excluding hydrogens is 174 g/mol. The molecule has 0 saturated heterocycles. The number of para-hydroxylation sites is 1. The number of fused-ring (bicyclic) bond motifs is 1. The van der Waals surface area contributed by atoms with Gasteiger partial charge in [-0.05, 0) is 6.07 Å². The molecule has 1 aromatic carbocycles. The van der Waals surface area contributed by atoms with E-state index in [0.717, 1.165) is 24.3 Å². The van der Waals surface area contributed by atoms with Gasteiger partial charge in [0, 0.05) is 18.0 Å². The molecule has 0 radical (unpaired) electrons. The summed E-state index contributed by atoms with van der Waals surface area (Å²) in [6.07, 6.45) is 0.928. The highest BCUT2D eigenvalue weighted by atomic mass is 35.5. The van der Waals surface area contributed by atoms with Crippen molar-refractivity contribution in [1.82, 2.24) is 0 Å². The Kier molecular flexibility index (Phi) is 2.95. The standard InChI is InChI=1S/C9H11NO.ClH/c10-8-5-6-11-9-4-2-1-3-7(8)9;/h1-4,8H,5-6,10H2;1H/t8-;/m1./s1. The van der Waals surface area contributed by atoms with Gasteiger partial charge in [0.1, 0.15) is 5.75 Å². The summed E-state index contributed by atoms with van der Waals surface area (Å²) in [5, 5.41) is 0. The van der Waals surface area contributed by atoms with Crippen LogP contribution in [0.15, 0.2) is 24.3 Å². The number of nitrogens with two attached hydrogens (primary N) is 1. The van der Waals surface area contributed by atoms with Crippen molar-refractivity contribution in [3.63, 3.8) is 0 Å². The predicted octanol–water partition coefficient (Wildman–Crippen LogP) is 1.89. The van der Waals surface area contributed by atoms with Crippen LogP contribution in [0.25, 0.3) is 0 Å². The number of benzene rings is 1. The third-order valence-electron chi connectivity index (χ3n) is 2.00. The summed E-state index contributed by atoms with van der Waals surface area (Å²) in [5.74, 6) is 0.950. The van der Waals surface area contributed by atoms with Crippen LogP contribution in [0.4, 0.5) is 0 Å². The van der Waals surface area contributed by atoms with Gasteiger partial charge in [0.2, 0.25) is 0 Å². The molecule has 1 heterocycles. The maximum atomic E-state index is 5.87. The first-order valence-corrected chi connectivity index (χ1v) is 3.85. The second-order valence-electron chi connectivity index (χ2n) is 2.78. The van der Waals surface area contributed by atoms with E-state index in [1.54, 1.807) is 0 Å². The molecule has 3 heteroatoms. The van der Waals surface area contributed by atoms with Crippen LogP contribution in [-0.4, -0.2) is 6.61 Å². The molecule has 0 aliphatic carbocycles. The topological polar surface area (TPSA) is 35.2 Å². The summed E-state index contributed by atoms with van der Waals surface area (Å²) in [6.45, 7) is 0.748. The fourth-order valence-electron chi connectivity index (χ4n) is 1.37. The summed E-state index contributed by atoms with van der Waals surface area (Å²) < 4.78 is 5.41. The first kappa shape index (κ1) is 9.36. The van der Waals surface area contributed by atoms with E-state index in [4.69, 9.17) is 10.5 Å². The second kappa shape index (κ2) is 3.78. The summed E-state index contributed by atoms with van der Waals surface area (Å²) in [4.78, 5) is 0. The van der Waals surface area contributed by atoms with Crippen molar-refractivity contribution in [2.45, 2.75) is 12.5 Å². The molecule has 0 spiro atoms. The number of hydrogen-bond donors (Lipinski definition) is 1. The Hall–Kier alpha value is -0.730. The van der Waals surface area contributed by atoms with Gasteiger partial charge in [0.15, 0.2) is 0 Å². The van der Waals surface area contributed by atoms with Crippen LogP contribution < -0.4 is 10.5 Å². The molecule has 0 amide bonds. The SMILES string of the molecule is Cl.N[C@@H]1CCOc2ccccc21. The van der Waals surface area contributed by atoms with Gasteiger partial charge in [0.25, 0.3) is 0 Å². The average molecular weight is 186 g/mol. The molecule has 0 saturated carbocycles. The smallest absolute Gasteiger partial charge is 0.124 e. The van der Waals surface area contributed by atoms with E-state index in [2.05, 4.69) is 0 Å². The first-order valence-electron chi connectivity index (χ1n) is 3.85. The van der Waals surface area contributed by atoms with E-state index in [-0.39, 0.29) is 18.4 Å². The van der Waals surface area contributed by atoms with Crippen LogP contribution in [0.5, 0.6) is 5.75 Å². The summed E-state index contributed by atoms with van der Waals surface area (Å²) in [7, 11) is 0. The highest BCUT2D eigenvalue weighted by Crippen LogP contribution is 2.29. The molecule has 1 aromatic rings. The number of ether oxygens (including phenoxy) is 1. The fourth-order valence-corrected chi connectivity index (χ4v) is 1.37. The van der Waals surface area contributed by atoms with E-state index < -0.39 is 0 Å².